The van der Waals surface area contributed by atoms with Crippen molar-refractivity contribution >= 4 is 0 Å². The van der Waals surface area contributed by atoms with E-state index in [-0.39, 0.29) is 0 Å². The summed E-state index contributed by atoms with van der Waals surface area (Å²) in [7, 11) is 4.09. The maximum atomic E-state index is 6.50. The number of nitrogens with zero attached hydrogens (tertiary/aromatic N) is 2. The number of nitrogens with one attached hydrogen (secondary N) is 1. The Morgan fingerprint density at radius 1 is 0.900 bits per heavy atom. The van der Waals surface area contributed by atoms with Crippen LogP contribution in [0.25, 0.3) is 0 Å². The Morgan fingerprint density at radius 2 is 1.60 bits per heavy atom. The number of hydrogen-bond acceptors (Lipinski definition) is 6. The minimum absolute atomic E-state index is 0.339. The predicted octanol–water partition coefficient (Wildman–Crippen LogP) is 2.47. The predicted molar refractivity (Wildman–Crippen MR) is 122 cm³/mol. The molecule has 0 radical (unpaired) electrons. The monoisotopic (exact) mass is 425 g/mol. The second-order valence-electron chi connectivity index (χ2n) is 9.89. The number of hydrogen-bond donors (Lipinski definition) is 1. The van der Waals surface area contributed by atoms with E-state index >= 15 is 0 Å². The Balaban J connectivity index is 1.40. The van der Waals surface area contributed by atoms with Crippen molar-refractivity contribution in [1.29, 1.82) is 0 Å². The van der Waals surface area contributed by atoms with Crippen molar-refractivity contribution in [2.45, 2.75) is 64.3 Å². The van der Waals surface area contributed by atoms with E-state index in [1.807, 2.05) is 7.11 Å². The molecule has 0 amide bonds. The minimum atomic E-state index is 0.339. The molecule has 3 aliphatic heterocycles. The lowest BCUT2D eigenvalue weighted by atomic mass is 9.89. The first-order valence-electron chi connectivity index (χ1n) is 12.5. The van der Waals surface area contributed by atoms with E-state index in [9.17, 15) is 0 Å². The SMILES string of the molecule is CCN1CCC(CCO[C@H]2CN(C)CC[C@H]2CCO[C@H]2CNCCC2C)[C@@H](OC)C1. The van der Waals surface area contributed by atoms with Gasteiger partial charge in [0.25, 0.3) is 0 Å². The first kappa shape index (κ1) is 24.4. The van der Waals surface area contributed by atoms with Crippen LogP contribution in [-0.2, 0) is 14.2 Å². The van der Waals surface area contributed by atoms with Crippen LogP contribution in [-0.4, -0.2) is 101 Å². The van der Waals surface area contributed by atoms with E-state index in [0.717, 1.165) is 58.8 Å². The van der Waals surface area contributed by atoms with Crippen LogP contribution in [0.2, 0.25) is 0 Å². The summed E-state index contributed by atoms with van der Waals surface area (Å²) in [6, 6.07) is 0. The van der Waals surface area contributed by atoms with Crippen LogP contribution in [0.3, 0.4) is 0 Å². The van der Waals surface area contributed by atoms with E-state index in [2.05, 4.69) is 36.0 Å². The molecule has 0 bridgehead atoms. The lowest BCUT2D eigenvalue weighted by molar-refractivity contribution is -0.0672. The summed E-state index contributed by atoms with van der Waals surface area (Å²) in [5, 5.41) is 3.47. The zero-order valence-electron chi connectivity index (χ0n) is 20.0. The highest BCUT2D eigenvalue weighted by atomic mass is 16.5. The van der Waals surface area contributed by atoms with Gasteiger partial charge in [-0.15, -0.1) is 0 Å². The first-order chi connectivity index (χ1) is 14.6. The smallest absolute Gasteiger partial charge is 0.0731 e. The van der Waals surface area contributed by atoms with E-state index in [1.54, 1.807) is 0 Å². The molecule has 6 heteroatoms. The van der Waals surface area contributed by atoms with E-state index < -0.39 is 0 Å². The van der Waals surface area contributed by atoms with Gasteiger partial charge in [0.1, 0.15) is 0 Å². The van der Waals surface area contributed by atoms with Crippen LogP contribution in [0, 0.1) is 17.8 Å². The van der Waals surface area contributed by atoms with Gasteiger partial charge < -0.3 is 29.3 Å². The lowest BCUT2D eigenvalue weighted by Gasteiger charge is -2.39. The van der Waals surface area contributed by atoms with Crippen molar-refractivity contribution in [1.82, 2.24) is 15.1 Å². The maximum Gasteiger partial charge on any atom is 0.0731 e. The Labute approximate surface area is 185 Å². The summed E-state index contributed by atoms with van der Waals surface area (Å²) in [6.07, 6.45) is 6.98. The van der Waals surface area contributed by atoms with Crippen LogP contribution in [0.5, 0.6) is 0 Å². The topological polar surface area (TPSA) is 46.2 Å². The van der Waals surface area contributed by atoms with Crippen molar-refractivity contribution in [3.63, 3.8) is 0 Å². The number of likely N-dealkylation sites (tertiary alicyclic amines) is 2. The van der Waals surface area contributed by atoms with Crippen LogP contribution in [0.15, 0.2) is 0 Å². The highest BCUT2D eigenvalue weighted by Crippen LogP contribution is 2.27. The van der Waals surface area contributed by atoms with Crippen LogP contribution in [0.1, 0.15) is 46.0 Å². The van der Waals surface area contributed by atoms with E-state index in [4.69, 9.17) is 14.2 Å². The van der Waals surface area contributed by atoms with Crippen molar-refractivity contribution < 1.29 is 14.2 Å². The first-order valence-corrected chi connectivity index (χ1v) is 12.5. The summed E-state index contributed by atoms with van der Waals surface area (Å²) < 4.78 is 18.6. The molecule has 3 aliphatic rings. The molecule has 0 aromatic carbocycles. The molecule has 6 atom stereocenters. The fraction of sp³-hybridized carbons (Fsp3) is 1.00. The van der Waals surface area contributed by atoms with Gasteiger partial charge in [-0.1, -0.05) is 13.8 Å². The normalized spacial score (nSPS) is 36.8. The zero-order valence-corrected chi connectivity index (χ0v) is 20.0. The standard InChI is InChI=1S/C24H47N3O3/c1-5-27-13-8-20(23(18-27)28-4)9-15-30-24-17-26(3)12-7-21(24)10-14-29-22-16-25-11-6-19(22)2/h19-25H,5-18H2,1-4H3/t19?,20?,21-,22-,23-,24-/m0/s1. The van der Waals surface area contributed by atoms with Gasteiger partial charge in [-0.05, 0) is 83.1 Å². The third-order valence-electron chi connectivity index (χ3n) is 7.83. The minimum Gasteiger partial charge on any atom is -0.380 e. The summed E-state index contributed by atoms with van der Waals surface area (Å²) >= 11 is 0. The van der Waals surface area contributed by atoms with Gasteiger partial charge >= 0.3 is 0 Å². The van der Waals surface area contributed by atoms with Crippen molar-refractivity contribution in [2.75, 3.05) is 73.2 Å². The summed E-state index contributed by atoms with van der Waals surface area (Å²) in [4.78, 5) is 4.92. The molecule has 0 aromatic heterocycles. The molecule has 0 aromatic rings. The molecule has 0 spiro atoms. The molecule has 1 N–H and O–H groups in total. The fourth-order valence-corrected chi connectivity index (χ4v) is 5.48. The van der Waals surface area contributed by atoms with Gasteiger partial charge in [-0.3, -0.25) is 0 Å². The molecule has 30 heavy (non-hydrogen) atoms. The number of piperidine rings is 3. The van der Waals surface area contributed by atoms with Crippen LogP contribution >= 0.6 is 0 Å². The fourth-order valence-electron chi connectivity index (χ4n) is 5.48. The Kier molecular flexibility index (Phi) is 10.3. The Hall–Kier alpha value is -0.240. The van der Waals surface area contributed by atoms with Gasteiger partial charge in [0, 0.05) is 40.0 Å². The second-order valence-corrected chi connectivity index (χ2v) is 9.89. The maximum absolute atomic E-state index is 6.50. The Bertz CT molecular complexity index is 481. The van der Waals surface area contributed by atoms with Gasteiger partial charge in [0.15, 0.2) is 0 Å². The van der Waals surface area contributed by atoms with Crippen LogP contribution in [0.4, 0.5) is 0 Å². The highest BCUT2D eigenvalue weighted by Gasteiger charge is 2.31. The van der Waals surface area contributed by atoms with Gasteiger partial charge in [0.2, 0.25) is 0 Å². The largest absolute Gasteiger partial charge is 0.380 e. The van der Waals surface area contributed by atoms with E-state index in [0.29, 0.717) is 36.1 Å². The van der Waals surface area contributed by atoms with Crippen molar-refractivity contribution in [3.8, 4) is 0 Å². The summed E-state index contributed by atoms with van der Waals surface area (Å²) in [6.45, 7) is 14.0. The van der Waals surface area contributed by atoms with Crippen molar-refractivity contribution in [2.24, 2.45) is 17.8 Å². The molecular weight excluding hydrogens is 378 g/mol. The third-order valence-corrected chi connectivity index (χ3v) is 7.83. The van der Waals surface area contributed by atoms with Gasteiger partial charge in [-0.2, -0.15) is 0 Å². The van der Waals surface area contributed by atoms with Crippen molar-refractivity contribution in [3.05, 3.63) is 0 Å². The molecule has 3 fully saturated rings. The molecule has 0 saturated carbocycles. The molecule has 0 aliphatic carbocycles. The number of rotatable bonds is 10. The number of ether oxygens (including phenoxy) is 3. The van der Waals surface area contributed by atoms with E-state index in [1.165, 1.54) is 32.4 Å². The molecule has 176 valence electrons. The zero-order chi connectivity index (χ0) is 21.3. The summed E-state index contributed by atoms with van der Waals surface area (Å²) in [5.41, 5.74) is 0. The molecule has 3 saturated heterocycles. The number of methoxy groups -OCH3 is 1. The number of likely N-dealkylation sites (N-methyl/N-ethyl adjacent to an activating group) is 2. The molecule has 6 nitrogen and oxygen atoms in total. The molecule has 3 rings (SSSR count). The third kappa shape index (κ3) is 7.14. The average Bonchev–Trinajstić information content (AvgIpc) is 2.76. The summed E-state index contributed by atoms with van der Waals surface area (Å²) in [5.74, 6) is 1.91. The molecule has 3 heterocycles. The van der Waals surface area contributed by atoms with Gasteiger partial charge in [0.05, 0.1) is 18.3 Å². The van der Waals surface area contributed by atoms with Gasteiger partial charge in [-0.25, -0.2) is 0 Å². The van der Waals surface area contributed by atoms with Crippen LogP contribution < -0.4 is 5.32 Å². The average molecular weight is 426 g/mol. The second kappa shape index (κ2) is 12.7. The molecule has 2 unspecified atom stereocenters. The quantitative estimate of drug-likeness (QED) is 0.580. The highest BCUT2D eigenvalue weighted by molar-refractivity contribution is 4.83. The Morgan fingerprint density at radius 3 is 2.30 bits per heavy atom. The lowest BCUT2D eigenvalue weighted by Crippen LogP contribution is -2.46. The molecular formula is C24H47N3O3.